The van der Waals surface area contributed by atoms with E-state index in [1.165, 1.54) is 0 Å². The molecule has 4 nitrogen and oxygen atoms in total. The Morgan fingerprint density at radius 2 is 2.16 bits per heavy atom. The zero-order chi connectivity index (χ0) is 13.8. The van der Waals surface area contributed by atoms with Crippen molar-refractivity contribution in [1.82, 2.24) is 9.78 Å². The highest BCUT2D eigenvalue weighted by Crippen LogP contribution is 2.20. The van der Waals surface area contributed by atoms with Crippen molar-refractivity contribution >= 4 is 6.29 Å². The average Bonchev–Trinajstić information content (AvgIpc) is 2.83. The summed E-state index contributed by atoms with van der Waals surface area (Å²) in [6, 6.07) is 7.96. The van der Waals surface area contributed by atoms with Gasteiger partial charge in [0.05, 0.1) is 23.6 Å². The first-order valence-corrected chi connectivity index (χ1v) is 6.27. The summed E-state index contributed by atoms with van der Waals surface area (Å²) in [6.07, 6.45) is 2.63. The number of carbonyl (C=O) groups excluding carboxylic acids is 1. The van der Waals surface area contributed by atoms with Crippen LogP contribution in [0.1, 0.15) is 34.5 Å². The van der Waals surface area contributed by atoms with Crippen molar-refractivity contribution in [3.63, 3.8) is 0 Å². The van der Waals surface area contributed by atoms with Crippen LogP contribution in [0.4, 0.5) is 0 Å². The summed E-state index contributed by atoms with van der Waals surface area (Å²) in [4.78, 5) is 11.2. The Morgan fingerprint density at radius 3 is 2.79 bits per heavy atom. The highest BCUT2D eigenvalue weighted by atomic mass is 16.5. The normalized spacial score (nSPS) is 12.4. The summed E-state index contributed by atoms with van der Waals surface area (Å²) in [5.41, 5.74) is 3.50. The number of hydrogen-bond donors (Lipinski definition) is 0. The molecule has 0 amide bonds. The van der Waals surface area contributed by atoms with Gasteiger partial charge in [-0.25, -0.2) is 4.68 Å². The molecule has 1 unspecified atom stereocenters. The molecule has 1 aromatic heterocycles. The van der Waals surface area contributed by atoms with Crippen molar-refractivity contribution < 1.29 is 9.53 Å². The molecule has 4 heteroatoms. The number of ether oxygens (including phenoxy) is 1. The van der Waals surface area contributed by atoms with Gasteiger partial charge in [-0.05, 0) is 18.6 Å². The molecular formula is C15H18N2O2. The van der Waals surface area contributed by atoms with Crippen LogP contribution in [0.25, 0.3) is 5.69 Å². The van der Waals surface area contributed by atoms with Crippen molar-refractivity contribution in [1.29, 1.82) is 0 Å². The minimum Gasteiger partial charge on any atom is -0.384 e. The van der Waals surface area contributed by atoms with E-state index in [1.807, 2.05) is 38.1 Å². The van der Waals surface area contributed by atoms with Gasteiger partial charge in [0.1, 0.15) is 0 Å². The molecular weight excluding hydrogens is 240 g/mol. The van der Waals surface area contributed by atoms with E-state index in [-0.39, 0.29) is 5.92 Å². The zero-order valence-electron chi connectivity index (χ0n) is 11.5. The highest BCUT2D eigenvalue weighted by molar-refractivity contribution is 5.76. The number of nitrogens with zero attached hydrogens (tertiary/aromatic N) is 2. The van der Waals surface area contributed by atoms with Crippen molar-refractivity contribution in [2.24, 2.45) is 0 Å². The van der Waals surface area contributed by atoms with Crippen molar-refractivity contribution in [3.05, 3.63) is 47.3 Å². The summed E-state index contributed by atoms with van der Waals surface area (Å²) < 4.78 is 6.90. The van der Waals surface area contributed by atoms with Gasteiger partial charge in [-0.2, -0.15) is 5.10 Å². The minimum absolute atomic E-state index is 0.0930. The molecule has 100 valence electrons. The first-order valence-electron chi connectivity index (χ1n) is 6.27. The smallest absolute Gasteiger partial charge is 0.153 e. The number of benzene rings is 1. The number of methoxy groups -OCH3 is 1. The third-order valence-corrected chi connectivity index (χ3v) is 3.15. The molecule has 0 saturated heterocycles. The predicted octanol–water partition coefficient (Wildman–Crippen LogP) is 2.74. The number of aryl methyl sites for hydroxylation is 1. The lowest BCUT2D eigenvalue weighted by Gasteiger charge is -2.08. The molecule has 2 aromatic rings. The van der Waals surface area contributed by atoms with Crippen LogP contribution in [-0.2, 0) is 4.74 Å². The lowest BCUT2D eigenvalue weighted by molar-refractivity contribution is 0.112. The van der Waals surface area contributed by atoms with E-state index in [0.29, 0.717) is 12.2 Å². The molecule has 0 fully saturated rings. The maximum Gasteiger partial charge on any atom is 0.153 e. The molecule has 0 radical (unpaired) electrons. The molecule has 0 aliphatic carbocycles. The summed E-state index contributed by atoms with van der Waals surface area (Å²) in [7, 11) is 1.65. The predicted molar refractivity (Wildman–Crippen MR) is 74.0 cm³/mol. The first kappa shape index (κ1) is 13.5. The topological polar surface area (TPSA) is 44.1 Å². The summed E-state index contributed by atoms with van der Waals surface area (Å²) in [5, 5.41) is 4.54. The number of para-hydroxylation sites is 1. The monoisotopic (exact) mass is 258 g/mol. The second kappa shape index (κ2) is 5.80. The molecule has 0 bridgehead atoms. The van der Waals surface area contributed by atoms with Crippen LogP contribution < -0.4 is 0 Å². The van der Waals surface area contributed by atoms with Gasteiger partial charge in [0.15, 0.2) is 6.29 Å². The van der Waals surface area contributed by atoms with Gasteiger partial charge in [0.2, 0.25) is 0 Å². The summed E-state index contributed by atoms with van der Waals surface area (Å²) in [6.45, 7) is 4.57. The summed E-state index contributed by atoms with van der Waals surface area (Å²) >= 11 is 0. The molecule has 0 aliphatic rings. The van der Waals surface area contributed by atoms with Crippen LogP contribution in [0, 0.1) is 6.92 Å². The van der Waals surface area contributed by atoms with E-state index in [9.17, 15) is 4.79 Å². The van der Waals surface area contributed by atoms with Crippen LogP contribution in [0.5, 0.6) is 0 Å². The molecule has 0 spiro atoms. The van der Waals surface area contributed by atoms with Crippen LogP contribution in [0.3, 0.4) is 0 Å². The number of rotatable bonds is 5. The fraction of sp³-hybridized carbons (Fsp3) is 0.333. The lowest BCUT2D eigenvalue weighted by Crippen LogP contribution is -2.06. The average molecular weight is 258 g/mol. The largest absolute Gasteiger partial charge is 0.384 e. The van der Waals surface area contributed by atoms with Crippen molar-refractivity contribution in [2.45, 2.75) is 19.8 Å². The van der Waals surface area contributed by atoms with Crippen molar-refractivity contribution in [2.75, 3.05) is 13.7 Å². The van der Waals surface area contributed by atoms with E-state index < -0.39 is 0 Å². The zero-order valence-corrected chi connectivity index (χ0v) is 11.5. The highest BCUT2D eigenvalue weighted by Gasteiger charge is 2.16. The third-order valence-electron chi connectivity index (χ3n) is 3.15. The molecule has 1 atom stereocenters. The maximum absolute atomic E-state index is 11.2. The Morgan fingerprint density at radius 1 is 1.42 bits per heavy atom. The van der Waals surface area contributed by atoms with E-state index in [2.05, 4.69) is 5.10 Å². The van der Waals surface area contributed by atoms with Crippen molar-refractivity contribution in [3.8, 4) is 5.69 Å². The Bertz CT molecular complexity index is 575. The Kier molecular flexibility index (Phi) is 4.12. The number of hydrogen-bond acceptors (Lipinski definition) is 3. The molecule has 0 N–H and O–H groups in total. The van der Waals surface area contributed by atoms with Gasteiger partial charge in [0, 0.05) is 19.2 Å². The fourth-order valence-corrected chi connectivity index (χ4v) is 2.15. The van der Waals surface area contributed by atoms with Gasteiger partial charge in [-0.3, -0.25) is 4.79 Å². The minimum atomic E-state index is 0.0930. The van der Waals surface area contributed by atoms with Gasteiger partial charge in [-0.1, -0.05) is 25.1 Å². The standard InChI is InChI=1S/C15H18N2O2/c1-11-6-4-5-7-14(11)17-8-13(9-18)15(16-17)12(2)10-19-3/h4-9,12H,10H2,1-3H3. The number of carbonyl (C=O) groups is 1. The molecule has 1 aromatic carbocycles. The number of aromatic nitrogens is 2. The van der Waals surface area contributed by atoms with E-state index in [4.69, 9.17) is 4.74 Å². The summed E-state index contributed by atoms with van der Waals surface area (Å²) in [5.74, 6) is 0.0930. The van der Waals surface area contributed by atoms with Crippen LogP contribution in [0.15, 0.2) is 30.5 Å². The van der Waals surface area contributed by atoms with Gasteiger partial charge in [0.25, 0.3) is 0 Å². The molecule has 2 rings (SSSR count). The molecule has 0 saturated carbocycles. The molecule has 0 aliphatic heterocycles. The number of aldehydes is 1. The van der Waals surface area contributed by atoms with Crippen LogP contribution in [-0.4, -0.2) is 29.8 Å². The van der Waals surface area contributed by atoms with Crippen LogP contribution in [0.2, 0.25) is 0 Å². The Hall–Kier alpha value is -1.94. The maximum atomic E-state index is 11.2. The SMILES string of the molecule is COCC(C)c1nn(-c2ccccc2C)cc1C=O. The van der Waals surface area contributed by atoms with E-state index >= 15 is 0 Å². The first-order chi connectivity index (χ1) is 9.17. The molecule has 19 heavy (non-hydrogen) atoms. The molecule has 1 heterocycles. The van der Waals surface area contributed by atoms with Gasteiger partial charge >= 0.3 is 0 Å². The fourth-order valence-electron chi connectivity index (χ4n) is 2.15. The Balaban J connectivity index is 2.44. The third kappa shape index (κ3) is 2.74. The lowest BCUT2D eigenvalue weighted by atomic mass is 10.1. The van der Waals surface area contributed by atoms with Crippen LogP contribution >= 0.6 is 0 Å². The second-order valence-corrected chi connectivity index (χ2v) is 4.67. The van der Waals surface area contributed by atoms with E-state index in [0.717, 1.165) is 23.2 Å². The second-order valence-electron chi connectivity index (χ2n) is 4.67. The van der Waals surface area contributed by atoms with Gasteiger partial charge in [-0.15, -0.1) is 0 Å². The van der Waals surface area contributed by atoms with Gasteiger partial charge < -0.3 is 4.74 Å². The van der Waals surface area contributed by atoms with E-state index in [1.54, 1.807) is 18.0 Å². The Labute approximate surface area is 113 Å². The quantitative estimate of drug-likeness (QED) is 0.774.